The van der Waals surface area contributed by atoms with E-state index in [4.69, 9.17) is 14.6 Å². The van der Waals surface area contributed by atoms with E-state index in [1.807, 2.05) is 6.92 Å². The molecule has 6 nitrogen and oxygen atoms in total. The lowest BCUT2D eigenvalue weighted by Crippen LogP contribution is -2.38. The summed E-state index contributed by atoms with van der Waals surface area (Å²) in [4.78, 5) is 22.8. The molecule has 0 fully saturated rings. The third kappa shape index (κ3) is 5.27. The van der Waals surface area contributed by atoms with Crippen LogP contribution in [0.25, 0.3) is 0 Å². The summed E-state index contributed by atoms with van der Waals surface area (Å²) in [6, 6.07) is 3.87. The molecule has 1 aromatic rings. The van der Waals surface area contributed by atoms with Crippen molar-refractivity contribution in [3.63, 3.8) is 0 Å². The second-order valence-electron chi connectivity index (χ2n) is 4.83. The molecule has 122 valence electrons. The Labute approximate surface area is 130 Å². The van der Waals surface area contributed by atoms with Gasteiger partial charge >= 0.3 is 5.97 Å². The molecule has 1 aromatic carbocycles. The molecule has 22 heavy (non-hydrogen) atoms. The lowest BCUT2D eigenvalue weighted by atomic mass is 10.1. The van der Waals surface area contributed by atoms with Crippen LogP contribution in [0.3, 0.4) is 0 Å². The molecule has 0 heterocycles. The first-order valence-corrected chi connectivity index (χ1v) is 7.42. The third-order valence-electron chi connectivity index (χ3n) is 2.98. The molecule has 1 atom stereocenters. The lowest BCUT2D eigenvalue weighted by molar-refractivity contribution is -0.138. The summed E-state index contributed by atoms with van der Waals surface area (Å²) >= 11 is 0. The summed E-state index contributed by atoms with van der Waals surface area (Å²) in [6.07, 6.45) is 1.96. The van der Waals surface area contributed by atoms with Gasteiger partial charge in [-0.15, -0.1) is 0 Å². The van der Waals surface area contributed by atoms with E-state index in [1.54, 1.807) is 18.2 Å². The minimum absolute atomic E-state index is 0.333. The first kappa shape index (κ1) is 17.8. The molecule has 2 N–H and O–H groups in total. The van der Waals surface area contributed by atoms with Crippen LogP contribution in [0, 0.1) is 0 Å². The van der Waals surface area contributed by atoms with Gasteiger partial charge in [-0.25, -0.2) is 0 Å². The summed E-state index contributed by atoms with van der Waals surface area (Å²) in [5.74, 6) is -0.485. The predicted molar refractivity (Wildman–Crippen MR) is 82.6 cm³/mol. The Morgan fingerprint density at radius 1 is 1.23 bits per heavy atom. The number of amides is 1. The molecule has 0 saturated heterocycles. The number of carbonyl (C=O) groups excluding carboxylic acids is 1. The second-order valence-corrected chi connectivity index (χ2v) is 4.83. The van der Waals surface area contributed by atoms with Crippen LogP contribution in [-0.4, -0.2) is 36.2 Å². The Morgan fingerprint density at radius 3 is 2.55 bits per heavy atom. The Hall–Kier alpha value is -2.24. The standard InChI is InChI=1S/C16H23NO5/c1-4-6-9-22-13-8-7-12(10-14(13)21-5-2)15(18)17-11(3)16(19)20/h7-8,10-11H,4-6,9H2,1-3H3,(H,17,18)(H,19,20)/t11-/m0/s1. The highest BCUT2D eigenvalue weighted by atomic mass is 16.5. The van der Waals surface area contributed by atoms with E-state index in [0.29, 0.717) is 30.3 Å². The van der Waals surface area contributed by atoms with Crippen LogP contribution in [0.2, 0.25) is 0 Å². The van der Waals surface area contributed by atoms with Gasteiger partial charge in [0.05, 0.1) is 13.2 Å². The van der Waals surface area contributed by atoms with E-state index in [1.165, 1.54) is 6.92 Å². The molecular formula is C16H23NO5. The number of carbonyl (C=O) groups is 2. The monoisotopic (exact) mass is 309 g/mol. The topological polar surface area (TPSA) is 84.9 Å². The zero-order valence-corrected chi connectivity index (χ0v) is 13.2. The molecule has 0 aliphatic heterocycles. The van der Waals surface area contributed by atoms with Gasteiger partial charge in [-0.05, 0) is 38.5 Å². The van der Waals surface area contributed by atoms with E-state index in [2.05, 4.69) is 12.2 Å². The van der Waals surface area contributed by atoms with Crippen LogP contribution in [0.1, 0.15) is 44.0 Å². The normalized spacial score (nSPS) is 11.6. The van der Waals surface area contributed by atoms with Gasteiger partial charge in [0.2, 0.25) is 0 Å². The van der Waals surface area contributed by atoms with E-state index in [-0.39, 0.29) is 0 Å². The molecule has 0 aliphatic carbocycles. The molecule has 0 unspecified atom stereocenters. The van der Waals surface area contributed by atoms with Gasteiger partial charge in [0, 0.05) is 5.56 Å². The molecule has 1 amide bonds. The summed E-state index contributed by atoms with van der Waals surface area (Å²) in [6.45, 7) is 6.35. The third-order valence-corrected chi connectivity index (χ3v) is 2.98. The number of hydrogen-bond acceptors (Lipinski definition) is 4. The smallest absolute Gasteiger partial charge is 0.325 e. The molecule has 1 rings (SSSR count). The Morgan fingerprint density at radius 2 is 1.95 bits per heavy atom. The fourth-order valence-corrected chi connectivity index (χ4v) is 1.71. The minimum Gasteiger partial charge on any atom is -0.490 e. The van der Waals surface area contributed by atoms with Crippen molar-refractivity contribution in [1.82, 2.24) is 5.32 Å². The fourth-order valence-electron chi connectivity index (χ4n) is 1.71. The minimum atomic E-state index is -1.09. The number of ether oxygens (including phenoxy) is 2. The molecule has 0 saturated carbocycles. The zero-order valence-electron chi connectivity index (χ0n) is 13.2. The summed E-state index contributed by atoms with van der Waals surface area (Å²) in [5, 5.41) is 11.2. The van der Waals surface area contributed by atoms with Gasteiger partial charge in [-0.1, -0.05) is 13.3 Å². The molecular weight excluding hydrogens is 286 g/mol. The number of nitrogens with one attached hydrogen (secondary N) is 1. The average molecular weight is 309 g/mol. The number of unbranched alkanes of at least 4 members (excludes halogenated alkanes) is 1. The van der Waals surface area contributed by atoms with E-state index < -0.39 is 17.9 Å². The van der Waals surface area contributed by atoms with Gasteiger partial charge < -0.3 is 19.9 Å². The first-order chi connectivity index (χ1) is 10.5. The zero-order chi connectivity index (χ0) is 16.5. The summed E-state index contributed by atoms with van der Waals surface area (Å²) in [7, 11) is 0. The number of rotatable bonds is 9. The van der Waals surface area contributed by atoms with Crippen molar-refractivity contribution < 1.29 is 24.2 Å². The number of benzene rings is 1. The van der Waals surface area contributed by atoms with Gasteiger partial charge in [0.1, 0.15) is 6.04 Å². The molecule has 0 radical (unpaired) electrons. The molecule has 0 aliphatic rings. The molecule has 6 heteroatoms. The van der Waals surface area contributed by atoms with E-state index in [9.17, 15) is 9.59 Å². The second kappa shape index (κ2) is 8.92. The number of carboxylic acid groups (broad SMARTS) is 1. The maximum absolute atomic E-state index is 12.0. The Kier molecular flexibility index (Phi) is 7.22. The van der Waals surface area contributed by atoms with E-state index in [0.717, 1.165) is 12.8 Å². The van der Waals surface area contributed by atoms with Crippen molar-refractivity contribution >= 4 is 11.9 Å². The van der Waals surface area contributed by atoms with Gasteiger partial charge in [0.15, 0.2) is 11.5 Å². The van der Waals surface area contributed by atoms with Gasteiger partial charge in [0.25, 0.3) is 5.91 Å². The van der Waals surface area contributed by atoms with Crippen LogP contribution in [0.4, 0.5) is 0 Å². The van der Waals surface area contributed by atoms with Crippen molar-refractivity contribution in [1.29, 1.82) is 0 Å². The first-order valence-electron chi connectivity index (χ1n) is 7.42. The SMILES string of the molecule is CCCCOc1ccc(C(=O)N[C@@H](C)C(=O)O)cc1OCC. The number of carboxylic acids is 1. The van der Waals surface area contributed by atoms with Crippen molar-refractivity contribution in [3.8, 4) is 11.5 Å². The maximum atomic E-state index is 12.0. The van der Waals surface area contributed by atoms with Crippen LogP contribution in [0.5, 0.6) is 11.5 Å². The number of hydrogen-bond donors (Lipinski definition) is 2. The predicted octanol–water partition coefficient (Wildman–Crippen LogP) is 2.47. The fraction of sp³-hybridized carbons (Fsp3) is 0.500. The highest BCUT2D eigenvalue weighted by Crippen LogP contribution is 2.28. The average Bonchev–Trinajstić information content (AvgIpc) is 2.48. The van der Waals surface area contributed by atoms with Crippen LogP contribution < -0.4 is 14.8 Å². The Balaban J connectivity index is 2.86. The highest BCUT2D eigenvalue weighted by Gasteiger charge is 2.17. The molecule has 0 spiro atoms. The van der Waals surface area contributed by atoms with Crippen LogP contribution in [0.15, 0.2) is 18.2 Å². The van der Waals surface area contributed by atoms with Crippen LogP contribution in [-0.2, 0) is 4.79 Å². The highest BCUT2D eigenvalue weighted by molar-refractivity contribution is 5.97. The van der Waals surface area contributed by atoms with Crippen molar-refractivity contribution in [2.75, 3.05) is 13.2 Å². The maximum Gasteiger partial charge on any atom is 0.325 e. The molecule has 0 aromatic heterocycles. The summed E-state index contributed by atoms with van der Waals surface area (Å²) in [5.41, 5.74) is 0.333. The number of aliphatic carboxylic acids is 1. The van der Waals surface area contributed by atoms with Crippen molar-refractivity contribution in [3.05, 3.63) is 23.8 Å². The summed E-state index contributed by atoms with van der Waals surface area (Å²) < 4.78 is 11.1. The molecule has 0 bridgehead atoms. The van der Waals surface area contributed by atoms with Crippen molar-refractivity contribution in [2.24, 2.45) is 0 Å². The van der Waals surface area contributed by atoms with Gasteiger partial charge in [-0.2, -0.15) is 0 Å². The van der Waals surface area contributed by atoms with Crippen molar-refractivity contribution in [2.45, 2.75) is 39.7 Å². The quantitative estimate of drug-likeness (QED) is 0.684. The van der Waals surface area contributed by atoms with Crippen LogP contribution >= 0.6 is 0 Å². The Bertz CT molecular complexity index is 515. The van der Waals surface area contributed by atoms with E-state index >= 15 is 0 Å². The largest absolute Gasteiger partial charge is 0.490 e. The lowest BCUT2D eigenvalue weighted by Gasteiger charge is -2.14. The van der Waals surface area contributed by atoms with Gasteiger partial charge in [-0.3, -0.25) is 9.59 Å².